The zero-order valence-electron chi connectivity index (χ0n) is 21.0. The topological polar surface area (TPSA) is 86.9 Å². The summed E-state index contributed by atoms with van der Waals surface area (Å²) >= 11 is 0. The molecule has 35 heavy (non-hydrogen) atoms. The van der Waals surface area contributed by atoms with E-state index in [0.29, 0.717) is 28.9 Å². The normalized spacial score (nSPS) is 13.8. The molecule has 1 amide bonds. The Bertz CT molecular complexity index is 1290. The molecule has 0 atom stereocenters. The Morgan fingerprint density at radius 3 is 2.60 bits per heavy atom. The Kier molecular flexibility index (Phi) is 7.80. The van der Waals surface area contributed by atoms with Gasteiger partial charge in [0.2, 0.25) is 0 Å². The van der Waals surface area contributed by atoms with Gasteiger partial charge in [-0.2, -0.15) is 10.2 Å². The Morgan fingerprint density at radius 1 is 1.14 bits per heavy atom. The van der Waals surface area contributed by atoms with Gasteiger partial charge in [-0.1, -0.05) is 45.6 Å². The Balaban J connectivity index is 0.000000917. The molecular weight excluding hydrogens is 440 g/mol. The molecule has 1 aliphatic rings. The molecule has 0 spiro atoms. The number of hydrogen-bond donors (Lipinski definition) is 1. The van der Waals surface area contributed by atoms with Gasteiger partial charge < -0.3 is 10.1 Å². The third-order valence-electron chi connectivity index (χ3n) is 6.02. The number of nitrogens with zero attached hydrogens (tertiary/aromatic N) is 5. The molecule has 8 nitrogen and oxygen atoms in total. The standard InChI is InChI=1S/C24H26N6O2.C3H8/c1-29-14-17(13-25-29)19-9-6-10-20(26-19)24(31)27-22-11-16-15-30(18-7-4-3-5-8-18)28-21(16)12-23(22)32-2;1-3-2/h6,9-15,18H,3-5,7-8H2,1-2H3,(H,27,31);3H2,1-2H3. The van der Waals surface area contributed by atoms with Gasteiger partial charge in [0.15, 0.2) is 0 Å². The first-order valence-corrected chi connectivity index (χ1v) is 12.4. The number of carbonyl (C=O) groups is 1. The first-order valence-electron chi connectivity index (χ1n) is 12.4. The third kappa shape index (κ3) is 5.70. The second-order valence-corrected chi connectivity index (χ2v) is 8.98. The maximum absolute atomic E-state index is 13.0. The number of aromatic nitrogens is 5. The summed E-state index contributed by atoms with van der Waals surface area (Å²) in [6.07, 6.45) is 13.0. The van der Waals surface area contributed by atoms with Crippen LogP contribution in [0.4, 0.5) is 5.69 Å². The van der Waals surface area contributed by atoms with E-state index in [1.54, 1.807) is 24.1 Å². The van der Waals surface area contributed by atoms with Crippen LogP contribution in [-0.2, 0) is 7.05 Å². The number of methoxy groups -OCH3 is 1. The van der Waals surface area contributed by atoms with E-state index >= 15 is 0 Å². The van der Waals surface area contributed by atoms with Crippen LogP contribution in [0.15, 0.2) is 48.9 Å². The first-order chi connectivity index (χ1) is 17.0. The van der Waals surface area contributed by atoms with Crippen molar-refractivity contribution in [2.75, 3.05) is 12.4 Å². The maximum Gasteiger partial charge on any atom is 0.274 e. The number of fused-ring (bicyclic) bond motifs is 1. The van der Waals surface area contributed by atoms with Crippen LogP contribution in [0.25, 0.3) is 22.2 Å². The second-order valence-electron chi connectivity index (χ2n) is 8.98. The largest absolute Gasteiger partial charge is 0.494 e. The fourth-order valence-corrected chi connectivity index (χ4v) is 4.33. The highest BCUT2D eigenvalue weighted by atomic mass is 16.5. The Labute approximate surface area is 206 Å². The molecule has 0 saturated heterocycles. The zero-order chi connectivity index (χ0) is 24.8. The van der Waals surface area contributed by atoms with Crippen LogP contribution in [0.5, 0.6) is 5.75 Å². The van der Waals surface area contributed by atoms with E-state index in [1.165, 1.54) is 25.7 Å². The molecule has 0 aliphatic heterocycles. The average Bonchev–Trinajstić information content (AvgIpc) is 3.50. The van der Waals surface area contributed by atoms with E-state index in [-0.39, 0.29) is 5.91 Å². The molecule has 0 radical (unpaired) electrons. The zero-order valence-corrected chi connectivity index (χ0v) is 21.0. The summed E-state index contributed by atoms with van der Waals surface area (Å²) < 4.78 is 9.33. The van der Waals surface area contributed by atoms with Crippen molar-refractivity contribution in [3.8, 4) is 17.0 Å². The van der Waals surface area contributed by atoms with Gasteiger partial charge in [-0.15, -0.1) is 0 Å². The predicted octanol–water partition coefficient (Wildman–Crippen LogP) is 6.01. The minimum absolute atomic E-state index is 0.298. The van der Waals surface area contributed by atoms with Crippen molar-refractivity contribution < 1.29 is 9.53 Å². The maximum atomic E-state index is 13.0. The number of amides is 1. The van der Waals surface area contributed by atoms with Crippen LogP contribution >= 0.6 is 0 Å². The summed E-state index contributed by atoms with van der Waals surface area (Å²) in [6.45, 7) is 4.25. The van der Waals surface area contributed by atoms with Crippen molar-refractivity contribution in [1.29, 1.82) is 0 Å². The predicted molar refractivity (Wildman–Crippen MR) is 139 cm³/mol. The van der Waals surface area contributed by atoms with E-state index in [2.05, 4.69) is 40.1 Å². The van der Waals surface area contributed by atoms with Gasteiger partial charge in [0.05, 0.1) is 36.2 Å². The second kappa shape index (κ2) is 11.2. The van der Waals surface area contributed by atoms with Gasteiger partial charge in [-0.25, -0.2) is 4.98 Å². The molecule has 3 aromatic heterocycles. The number of anilines is 1. The van der Waals surface area contributed by atoms with E-state index in [1.807, 2.05) is 37.5 Å². The first kappa shape index (κ1) is 24.4. The number of pyridine rings is 1. The molecule has 1 aromatic carbocycles. The van der Waals surface area contributed by atoms with Crippen molar-refractivity contribution >= 4 is 22.5 Å². The lowest BCUT2D eigenvalue weighted by molar-refractivity contribution is 0.102. The molecule has 184 valence electrons. The van der Waals surface area contributed by atoms with Crippen LogP contribution in [0.1, 0.15) is 68.9 Å². The van der Waals surface area contributed by atoms with E-state index < -0.39 is 0 Å². The van der Waals surface area contributed by atoms with E-state index in [4.69, 9.17) is 9.84 Å². The molecule has 0 bridgehead atoms. The molecule has 3 heterocycles. The van der Waals surface area contributed by atoms with Crippen LogP contribution in [0, 0.1) is 0 Å². The smallest absolute Gasteiger partial charge is 0.274 e. The molecule has 0 unspecified atom stereocenters. The highest BCUT2D eigenvalue weighted by Gasteiger charge is 2.19. The van der Waals surface area contributed by atoms with Gasteiger partial charge in [0, 0.05) is 36.5 Å². The number of hydrogen-bond acceptors (Lipinski definition) is 5. The molecule has 1 N–H and O–H groups in total. The molecule has 4 aromatic rings. The molecule has 8 heteroatoms. The Morgan fingerprint density at radius 2 is 1.91 bits per heavy atom. The van der Waals surface area contributed by atoms with Crippen molar-refractivity contribution in [2.24, 2.45) is 7.05 Å². The van der Waals surface area contributed by atoms with Gasteiger partial charge in [0.1, 0.15) is 11.4 Å². The average molecular weight is 475 g/mol. The van der Waals surface area contributed by atoms with Crippen molar-refractivity contribution in [2.45, 2.75) is 58.4 Å². The lowest BCUT2D eigenvalue weighted by Gasteiger charge is -2.21. The van der Waals surface area contributed by atoms with Crippen LogP contribution < -0.4 is 10.1 Å². The van der Waals surface area contributed by atoms with E-state index in [9.17, 15) is 4.79 Å². The third-order valence-corrected chi connectivity index (χ3v) is 6.02. The van der Waals surface area contributed by atoms with Gasteiger partial charge in [-0.05, 0) is 31.0 Å². The van der Waals surface area contributed by atoms with Gasteiger partial charge in [0.25, 0.3) is 5.91 Å². The summed E-state index contributed by atoms with van der Waals surface area (Å²) in [7, 11) is 3.44. The fraction of sp³-hybridized carbons (Fsp3) is 0.407. The molecule has 1 saturated carbocycles. The summed E-state index contributed by atoms with van der Waals surface area (Å²) in [5, 5.41) is 12.9. The van der Waals surface area contributed by atoms with Crippen LogP contribution in [0.2, 0.25) is 0 Å². The highest BCUT2D eigenvalue weighted by Crippen LogP contribution is 2.33. The number of carbonyl (C=O) groups excluding carboxylic acids is 1. The summed E-state index contributed by atoms with van der Waals surface area (Å²) in [5.74, 6) is 0.274. The lowest BCUT2D eigenvalue weighted by atomic mass is 9.96. The Hall–Kier alpha value is -3.68. The van der Waals surface area contributed by atoms with Crippen molar-refractivity contribution in [1.82, 2.24) is 24.5 Å². The monoisotopic (exact) mass is 474 g/mol. The highest BCUT2D eigenvalue weighted by molar-refractivity contribution is 6.05. The number of nitrogens with one attached hydrogen (secondary N) is 1. The quantitative estimate of drug-likeness (QED) is 0.382. The SMILES string of the molecule is CCC.COc1cc2nn(C3CCCCC3)cc2cc1NC(=O)c1cccc(-c2cnn(C)c2)n1. The van der Waals surface area contributed by atoms with Crippen molar-refractivity contribution in [3.05, 3.63) is 54.6 Å². The fourth-order valence-electron chi connectivity index (χ4n) is 4.33. The van der Waals surface area contributed by atoms with E-state index in [0.717, 1.165) is 29.3 Å². The lowest BCUT2D eigenvalue weighted by Crippen LogP contribution is -2.14. The number of rotatable bonds is 5. The minimum atomic E-state index is -0.298. The summed E-state index contributed by atoms with van der Waals surface area (Å²) in [4.78, 5) is 17.5. The number of ether oxygens (including phenoxy) is 1. The summed E-state index contributed by atoms with van der Waals surface area (Å²) in [5.41, 5.74) is 3.34. The molecular formula is C27H34N6O2. The molecule has 1 aliphatic carbocycles. The summed E-state index contributed by atoms with van der Waals surface area (Å²) in [6, 6.07) is 9.62. The van der Waals surface area contributed by atoms with Crippen LogP contribution in [-0.4, -0.2) is 37.6 Å². The number of benzene rings is 1. The van der Waals surface area contributed by atoms with Gasteiger partial charge in [-0.3, -0.25) is 14.2 Å². The minimum Gasteiger partial charge on any atom is -0.494 e. The van der Waals surface area contributed by atoms with Gasteiger partial charge >= 0.3 is 0 Å². The van der Waals surface area contributed by atoms with Crippen molar-refractivity contribution in [3.63, 3.8) is 0 Å². The molecule has 1 fully saturated rings. The number of aryl methyl sites for hydroxylation is 1. The van der Waals surface area contributed by atoms with Crippen LogP contribution in [0.3, 0.4) is 0 Å². The molecule has 5 rings (SSSR count).